The Labute approximate surface area is 147 Å². The average molecular weight is 411 g/mol. The summed E-state index contributed by atoms with van der Waals surface area (Å²) in [6.07, 6.45) is 1.60. The summed E-state index contributed by atoms with van der Waals surface area (Å²) in [6, 6.07) is 0. The van der Waals surface area contributed by atoms with Crippen LogP contribution < -0.4 is 16.6 Å². The molecule has 0 unspecified atom stereocenters. The number of carbonyl (C=O) groups excluding carboxylic acids is 2. The van der Waals surface area contributed by atoms with E-state index >= 15 is 0 Å². The molecule has 14 heteroatoms. The molecule has 0 radical (unpaired) electrons. The van der Waals surface area contributed by atoms with E-state index in [2.05, 4.69) is 57.1 Å². The van der Waals surface area contributed by atoms with Gasteiger partial charge < -0.3 is 5.73 Å². The highest BCUT2D eigenvalue weighted by Gasteiger charge is 2.22. The number of aromatic nitrogens is 7. The van der Waals surface area contributed by atoms with Crippen molar-refractivity contribution in [3.8, 4) is 5.82 Å². The Morgan fingerprint density at radius 1 is 1.24 bits per heavy atom. The van der Waals surface area contributed by atoms with Gasteiger partial charge in [-0.25, -0.2) is 4.63 Å². The second kappa shape index (κ2) is 6.31. The van der Waals surface area contributed by atoms with Crippen LogP contribution in [0.2, 0.25) is 0 Å². The summed E-state index contributed by atoms with van der Waals surface area (Å²) in [5.74, 6) is -1.19. The normalized spacial score (nSPS) is 10.7. The second-order valence-corrected chi connectivity index (χ2v) is 5.67. The molecule has 0 spiro atoms. The molecule has 130 valence electrons. The first-order valence-corrected chi connectivity index (χ1v) is 7.48. The minimum Gasteiger partial charge on any atom is -0.378 e. The van der Waals surface area contributed by atoms with Gasteiger partial charge in [-0.1, -0.05) is 5.21 Å². The van der Waals surface area contributed by atoms with E-state index in [1.807, 2.05) is 0 Å². The Kier molecular flexibility index (Phi) is 4.18. The summed E-state index contributed by atoms with van der Waals surface area (Å²) in [4.78, 5) is 24.2. The van der Waals surface area contributed by atoms with Crippen molar-refractivity contribution in [1.82, 2.24) is 45.9 Å². The zero-order valence-corrected chi connectivity index (χ0v) is 14.5. The van der Waals surface area contributed by atoms with E-state index < -0.39 is 11.8 Å². The van der Waals surface area contributed by atoms with Crippen molar-refractivity contribution < 1.29 is 14.2 Å². The van der Waals surface area contributed by atoms with Gasteiger partial charge in [0.15, 0.2) is 11.4 Å². The van der Waals surface area contributed by atoms with Crippen LogP contribution in [0.25, 0.3) is 5.82 Å². The van der Waals surface area contributed by atoms with Crippen LogP contribution in [0.15, 0.2) is 15.3 Å². The largest absolute Gasteiger partial charge is 0.378 e. The number of amides is 2. The van der Waals surface area contributed by atoms with E-state index in [1.165, 1.54) is 9.36 Å². The molecule has 3 aromatic rings. The van der Waals surface area contributed by atoms with Gasteiger partial charge in [-0.15, -0.1) is 5.10 Å². The van der Waals surface area contributed by atoms with E-state index in [4.69, 9.17) is 5.73 Å². The maximum absolute atomic E-state index is 12.2. The summed E-state index contributed by atoms with van der Waals surface area (Å²) in [5.41, 5.74) is 10.5. The molecule has 0 saturated carbocycles. The minimum atomic E-state index is -0.681. The lowest BCUT2D eigenvalue weighted by Crippen LogP contribution is -2.42. The molecule has 0 fully saturated rings. The van der Waals surface area contributed by atoms with E-state index in [0.717, 1.165) is 0 Å². The maximum Gasteiger partial charge on any atom is 0.292 e. The van der Waals surface area contributed by atoms with Crippen LogP contribution in [-0.4, -0.2) is 46.9 Å². The molecular weight excluding hydrogens is 400 g/mol. The van der Waals surface area contributed by atoms with Gasteiger partial charge in [0.2, 0.25) is 11.6 Å². The number of nitrogens with two attached hydrogens (primary N) is 1. The Morgan fingerprint density at radius 3 is 2.48 bits per heavy atom. The summed E-state index contributed by atoms with van der Waals surface area (Å²) in [5, 5.41) is 18.5. The molecule has 4 N–H and O–H groups in total. The van der Waals surface area contributed by atoms with Gasteiger partial charge >= 0.3 is 0 Å². The molecular formula is C11H11BrN10O3. The molecule has 13 nitrogen and oxygen atoms in total. The number of nitrogen functional groups attached to an aromatic ring is 1. The van der Waals surface area contributed by atoms with Crippen molar-refractivity contribution in [3.05, 3.63) is 27.8 Å². The van der Waals surface area contributed by atoms with Crippen molar-refractivity contribution >= 4 is 33.6 Å². The molecule has 3 rings (SSSR count). The maximum atomic E-state index is 12.2. The zero-order valence-electron chi connectivity index (χ0n) is 12.9. The number of rotatable bonds is 3. The quantitative estimate of drug-likeness (QED) is 0.462. The highest BCUT2D eigenvalue weighted by Crippen LogP contribution is 2.15. The molecule has 0 atom stereocenters. The molecule has 2 amide bonds. The smallest absolute Gasteiger partial charge is 0.292 e. The number of halogens is 1. The molecule has 0 aliphatic carbocycles. The average Bonchev–Trinajstić information content (AvgIpc) is 3.23. The highest BCUT2D eigenvalue weighted by molar-refractivity contribution is 9.10. The molecule has 0 bridgehead atoms. The van der Waals surface area contributed by atoms with Crippen LogP contribution in [0, 0.1) is 6.92 Å². The number of hydrazine groups is 1. The first-order valence-electron chi connectivity index (χ1n) is 6.69. The molecule has 0 aliphatic heterocycles. The van der Waals surface area contributed by atoms with Gasteiger partial charge in [0.1, 0.15) is 0 Å². The highest BCUT2D eigenvalue weighted by atomic mass is 79.9. The molecule has 3 aromatic heterocycles. The van der Waals surface area contributed by atoms with E-state index in [9.17, 15) is 9.59 Å². The predicted molar refractivity (Wildman–Crippen MR) is 84.2 cm³/mol. The lowest BCUT2D eigenvalue weighted by molar-refractivity contribution is 0.0840. The van der Waals surface area contributed by atoms with Gasteiger partial charge in [-0.2, -0.15) is 9.78 Å². The topological polar surface area (TPSA) is 172 Å². The first kappa shape index (κ1) is 16.6. The van der Waals surface area contributed by atoms with Gasteiger partial charge in [0, 0.05) is 13.2 Å². The number of anilines is 1. The first-order chi connectivity index (χ1) is 11.9. The van der Waals surface area contributed by atoms with Crippen LogP contribution >= 0.6 is 15.9 Å². The SMILES string of the molecule is Cc1c(C(=O)NNC(=O)c2nn(C)cc2Br)nnn1-c1nonc1N. The Balaban J connectivity index is 1.72. The van der Waals surface area contributed by atoms with Crippen molar-refractivity contribution in [2.45, 2.75) is 6.92 Å². The second-order valence-electron chi connectivity index (χ2n) is 4.82. The van der Waals surface area contributed by atoms with Crippen LogP contribution in [0.1, 0.15) is 26.7 Å². The monoisotopic (exact) mass is 410 g/mol. The molecule has 0 aromatic carbocycles. The number of hydrogen-bond acceptors (Lipinski definition) is 9. The zero-order chi connectivity index (χ0) is 18.1. The summed E-state index contributed by atoms with van der Waals surface area (Å²) >= 11 is 3.20. The molecule has 3 heterocycles. The predicted octanol–water partition coefficient (Wildman–Crippen LogP) is -0.888. The standard InChI is InChI=1S/C11H11BrN10O3/c1-4-6(14-20-22(4)9-8(13)18-25-19-9)10(23)15-16-11(24)7-5(12)3-21(2)17-7/h3H,1-2H3,(H2,13,18)(H,15,23)(H,16,24). The third kappa shape index (κ3) is 3.06. The van der Waals surface area contributed by atoms with Crippen molar-refractivity contribution in [2.24, 2.45) is 7.05 Å². The lowest BCUT2D eigenvalue weighted by atomic mass is 10.3. The van der Waals surface area contributed by atoms with Crippen LogP contribution in [0.5, 0.6) is 0 Å². The number of hydrogen-bond donors (Lipinski definition) is 3. The molecule has 25 heavy (non-hydrogen) atoms. The summed E-state index contributed by atoms with van der Waals surface area (Å²) in [7, 11) is 1.66. The van der Waals surface area contributed by atoms with Crippen molar-refractivity contribution in [1.29, 1.82) is 0 Å². The van der Waals surface area contributed by atoms with Gasteiger partial charge in [0.25, 0.3) is 11.8 Å². The van der Waals surface area contributed by atoms with Gasteiger partial charge in [0.05, 0.1) is 10.2 Å². The third-order valence-corrected chi connectivity index (χ3v) is 3.67. The number of carbonyl (C=O) groups is 2. The Bertz CT molecular complexity index is 957. The number of aryl methyl sites for hydroxylation is 1. The Morgan fingerprint density at radius 2 is 1.92 bits per heavy atom. The van der Waals surface area contributed by atoms with Crippen molar-refractivity contribution in [2.75, 3.05) is 5.73 Å². The number of nitrogens with one attached hydrogen (secondary N) is 2. The van der Waals surface area contributed by atoms with E-state index in [0.29, 0.717) is 10.2 Å². The van der Waals surface area contributed by atoms with E-state index in [1.54, 1.807) is 20.2 Å². The molecule has 0 saturated heterocycles. The van der Waals surface area contributed by atoms with Gasteiger partial charge in [-0.3, -0.25) is 25.1 Å². The third-order valence-electron chi connectivity index (χ3n) is 3.09. The fraction of sp³-hybridized carbons (Fsp3) is 0.182. The fourth-order valence-electron chi connectivity index (χ4n) is 1.92. The van der Waals surface area contributed by atoms with Gasteiger partial charge in [-0.05, 0) is 33.2 Å². The van der Waals surface area contributed by atoms with E-state index in [-0.39, 0.29) is 23.0 Å². The summed E-state index contributed by atoms with van der Waals surface area (Å²) < 4.78 is 7.61. The van der Waals surface area contributed by atoms with Crippen molar-refractivity contribution in [3.63, 3.8) is 0 Å². The molecule has 0 aliphatic rings. The minimum absolute atomic E-state index is 0.00624. The van der Waals surface area contributed by atoms with Crippen LogP contribution in [0.3, 0.4) is 0 Å². The fourth-order valence-corrected chi connectivity index (χ4v) is 2.48. The van der Waals surface area contributed by atoms with Crippen LogP contribution in [-0.2, 0) is 7.05 Å². The summed E-state index contributed by atoms with van der Waals surface area (Å²) in [6.45, 7) is 1.57. The van der Waals surface area contributed by atoms with Crippen LogP contribution in [0.4, 0.5) is 5.82 Å². The Hall–Kier alpha value is -3.29. The number of nitrogens with zero attached hydrogens (tertiary/aromatic N) is 7. The lowest BCUT2D eigenvalue weighted by Gasteiger charge is -2.05.